The molecule has 6 nitrogen and oxygen atoms in total. The number of rotatable bonds is 4. The fourth-order valence-electron chi connectivity index (χ4n) is 1.86. The van der Waals surface area contributed by atoms with Crippen molar-refractivity contribution < 1.29 is 19.8 Å². The van der Waals surface area contributed by atoms with Gasteiger partial charge in [0.1, 0.15) is 6.04 Å². The van der Waals surface area contributed by atoms with E-state index in [1.807, 2.05) is 13.8 Å². The molecule has 0 aromatic carbocycles. The lowest BCUT2D eigenvalue weighted by atomic mass is 10.0. The Kier molecular flexibility index (Phi) is 4.74. The summed E-state index contributed by atoms with van der Waals surface area (Å²) in [6.07, 6.45) is 0.460. The van der Waals surface area contributed by atoms with E-state index in [0.717, 1.165) is 0 Å². The number of hydrogen-bond donors (Lipinski definition) is 3. The summed E-state index contributed by atoms with van der Waals surface area (Å²) >= 11 is 0. The first-order valence-corrected chi connectivity index (χ1v) is 5.86. The standard InChI is InChI=1S/C11H20N2O4/c1-7(2)5-9(10(15)16)12-11(17)13-4-3-8(14)6-13/h7-9,14H,3-6H2,1-2H3,(H,12,17)(H,15,16)/t8?,9-/m0/s1. The van der Waals surface area contributed by atoms with Gasteiger partial charge in [0.2, 0.25) is 0 Å². The van der Waals surface area contributed by atoms with Crippen molar-refractivity contribution in [1.82, 2.24) is 10.2 Å². The number of carboxylic acids is 1. The van der Waals surface area contributed by atoms with Crippen LogP contribution in [0.1, 0.15) is 26.7 Å². The van der Waals surface area contributed by atoms with E-state index >= 15 is 0 Å². The maximum atomic E-state index is 11.7. The van der Waals surface area contributed by atoms with Crippen molar-refractivity contribution in [2.45, 2.75) is 38.8 Å². The first-order valence-electron chi connectivity index (χ1n) is 5.86. The smallest absolute Gasteiger partial charge is 0.326 e. The zero-order valence-electron chi connectivity index (χ0n) is 10.2. The zero-order valence-corrected chi connectivity index (χ0v) is 10.2. The van der Waals surface area contributed by atoms with Gasteiger partial charge in [-0.25, -0.2) is 9.59 Å². The van der Waals surface area contributed by atoms with Crippen LogP contribution in [0.5, 0.6) is 0 Å². The first kappa shape index (κ1) is 13.8. The van der Waals surface area contributed by atoms with Gasteiger partial charge in [-0.05, 0) is 18.8 Å². The molecule has 0 aromatic heterocycles. The summed E-state index contributed by atoms with van der Waals surface area (Å²) in [5.41, 5.74) is 0. The highest BCUT2D eigenvalue weighted by molar-refractivity contribution is 5.82. The van der Waals surface area contributed by atoms with Crippen molar-refractivity contribution in [1.29, 1.82) is 0 Å². The van der Waals surface area contributed by atoms with Crippen LogP contribution in [0.2, 0.25) is 0 Å². The minimum absolute atomic E-state index is 0.195. The molecule has 1 unspecified atom stereocenters. The molecule has 0 bridgehead atoms. The fourth-order valence-corrected chi connectivity index (χ4v) is 1.86. The van der Waals surface area contributed by atoms with Gasteiger partial charge in [0.05, 0.1) is 6.10 Å². The molecular weight excluding hydrogens is 224 g/mol. The van der Waals surface area contributed by atoms with Gasteiger partial charge in [-0.1, -0.05) is 13.8 Å². The number of likely N-dealkylation sites (tertiary alicyclic amines) is 1. The summed E-state index contributed by atoms with van der Waals surface area (Å²) in [6, 6.07) is -1.27. The Bertz CT molecular complexity index is 293. The van der Waals surface area contributed by atoms with Crippen molar-refractivity contribution in [2.75, 3.05) is 13.1 Å². The Morgan fingerprint density at radius 2 is 2.12 bits per heavy atom. The molecule has 1 heterocycles. The quantitative estimate of drug-likeness (QED) is 0.661. The fraction of sp³-hybridized carbons (Fsp3) is 0.818. The molecule has 98 valence electrons. The van der Waals surface area contributed by atoms with Gasteiger partial charge in [0.25, 0.3) is 0 Å². The van der Waals surface area contributed by atoms with Gasteiger partial charge in [0.15, 0.2) is 0 Å². The number of aliphatic carboxylic acids is 1. The molecule has 0 spiro atoms. The van der Waals surface area contributed by atoms with Crippen molar-refractivity contribution in [2.24, 2.45) is 5.92 Å². The average molecular weight is 244 g/mol. The number of nitrogens with zero attached hydrogens (tertiary/aromatic N) is 1. The van der Waals surface area contributed by atoms with Crippen LogP contribution in [0.15, 0.2) is 0 Å². The Labute approximate surface area is 101 Å². The maximum Gasteiger partial charge on any atom is 0.326 e. The Hall–Kier alpha value is -1.30. The number of carbonyl (C=O) groups excluding carboxylic acids is 1. The van der Waals surface area contributed by atoms with E-state index in [1.54, 1.807) is 0 Å². The molecule has 1 aliphatic heterocycles. The number of carbonyl (C=O) groups is 2. The second-order valence-corrected chi connectivity index (χ2v) is 4.86. The van der Waals surface area contributed by atoms with E-state index in [1.165, 1.54) is 4.90 Å². The lowest BCUT2D eigenvalue weighted by molar-refractivity contribution is -0.139. The number of aliphatic hydroxyl groups excluding tert-OH is 1. The predicted octanol–water partition coefficient (Wildman–Crippen LogP) is 0.262. The monoisotopic (exact) mass is 244 g/mol. The van der Waals surface area contributed by atoms with Crippen LogP contribution < -0.4 is 5.32 Å². The molecule has 0 aromatic rings. The van der Waals surface area contributed by atoms with Crippen LogP contribution in [0.25, 0.3) is 0 Å². The lowest BCUT2D eigenvalue weighted by Gasteiger charge is -2.21. The third kappa shape index (κ3) is 4.22. The highest BCUT2D eigenvalue weighted by atomic mass is 16.4. The highest BCUT2D eigenvalue weighted by Gasteiger charge is 2.28. The molecule has 17 heavy (non-hydrogen) atoms. The van der Waals surface area contributed by atoms with E-state index in [-0.39, 0.29) is 12.5 Å². The number of nitrogens with one attached hydrogen (secondary N) is 1. The number of aliphatic hydroxyl groups is 1. The minimum Gasteiger partial charge on any atom is -0.480 e. The predicted molar refractivity (Wildman–Crippen MR) is 61.6 cm³/mol. The van der Waals surface area contributed by atoms with Crippen molar-refractivity contribution in [3.05, 3.63) is 0 Å². The van der Waals surface area contributed by atoms with Crippen molar-refractivity contribution in [3.63, 3.8) is 0 Å². The minimum atomic E-state index is -1.02. The number of urea groups is 1. The molecule has 3 N–H and O–H groups in total. The summed E-state index contributed by atoms with van der Waals surface area (Å²) in [7, 11) is 0. The molecule has 2 atom stereocenters. The summed E-state index contributed by atoms with van der Waals surface area (Å²) in [5.74, 6) is -0.827. The molecule has 1 saturated heterocycles. The van der Waals surface area contributed by atoms with E-state index in [2.05, 4.69) is 5.32 Å². The Morgan fingerprint density at radius 3 is 2.53 bits per heavy atom. The summed E-state index contributed by atoms with van der Waals surface area (Å²) in [4.78, 5) is 24.1. The van der Waals surface area contributed by atoms with Crippen LogP contribution in [0, 0.1) is 5.92 Å². The number of hydrogen-bond acceptors (Lipinski definition) is 3. The molecular formula is C11H20N2O4. The van der Waals surface area contributed by atoms with Crippen LogP contribution in [-0.2, 0) is 4.79 Å². The van der Waals surface area contributed by atoms with Crippen LogP contribution >= 0.6 is 0 Å². The van der Waals surface area contributed by atoms with Crippen molar-refractivity contribution >= 4 is 12.0 Å². The zero-order chi connectivity index (χ0) is 13.0. The number of amides is 2. The average Bonchev–Trinajstić information content (AvgIpc) is 2.63. The molecule has 1 fully saturated rings. The normalized spacial score (nSPS) is 21.6. The van der Waals surface area contributed by atoms with Gasteiger partial charge in [-0.15, -0.1) is 0 Å². The van der Waals surface area contributed by atoms with Crippen LogP contribution in [0.4, 0.5) is 4.79 Å². The van der Waals surface area contributed by atoms with E-state index in [9.17, 15) is 14.7 Å². The first-order chi connectivity index (χ1) is 7.90. The second-order valence-electron chi connectivity index (χ2n) is 4.86. The van der Waals surface area contributed by atoms with Crippen molar-refractivity contribution in [3.8, 4) is 0 Å². The topological polar surface area (TPSA) is 89.9 Å². The molecule has 1 aliphatic rings. The third-order valence-corrected chi connectivity index (χ3v) is 2.75. The number of carboxylic acid groups (broad SMARTS) is 1. The van der Waals surface area contributed by atoms with Gasteiger partial charge in [-0.3, -0.25) is 0 Å². The third-order valence-electron chi connectivity index (χ3n) is 2.75. The van der Waals surface area contributed by atoms with E-state index in [0.29, 0.717) is 19.4 Å². The summed E-state index contributed by atoms with van der Waals surface area (Å²) < 4.78 is 0. The largest absolute Gasteiger partial charge is 0.480 e. The second kappa shape index (κ2) is 5.86. The van der Waals surface area contributed by atoms with E-state index < -0.39 is 24.1 Å². The Balaban J connectivity index is 2.49. The van der Waals surface area contributed by atoms with Crippen LogP contribution in [0.3, 0.4) is 0 Å². The lowest BCUT2D eigenvalue weighted by Crippen LogP contribution is -2.47. The molecule has 0 saturated carbocycles. The highest BCUT2D eigenvalue weighted by Crippen LogP contribution is 2.10. The molecule has 0 radical (unpaired) electrons. The molecule has 0 aliphatic carbocycles. The maximum absolute atomic E-state index is 11.7. The molecule has 2 amide bonds. The van der Waals surface area contributed by atoms with Gasteiger partial charge in [-0.2, -0.15) is 0 Å². The van der Waals surface area contributed by atoms with Crippen LogP contribution in [-0.4, -0.2) is 52.3 Å². The molecule has 1 rings (SSSR count). The van der Waals surface area contributed by atoms with E-state index in [4.69, 9.17) is 5.11 Å². The summed E-state index contributed by atoms with van der Waals surface area (Å²) in [5, 5.41) is 20.8. The van der Waals surface area contributed by atoms with Gasteiger partial charge < -0.3 is 20.4 Å². The summed E-state index contributed by atoms with van der Waals surface area (Å²) in [6.45, 7) is 4.56. The SMILES string of the molecule is CC(C)C[C@H](NC(=O)N1CCC(O)C1)C(=O)O. The van der Waals surface area contributed by atoms with Gasteiger partial charge >= 0.3 is 12.0 Å². The number of β-amino-alcohol motifs (C(OH)–C–C–N with tert-alkyl or cyclic N) is 1. The molecule has 6 heteroatoms. The Morgan fingerprint density at radius 1 is 1.47 bits per heavy atom. The van der Waals surface area contributed by atoms with Gasteiger partial charge in [0, 0.05) is 13.1 Å².